The Hall–Kier alpha value is -0.0800. The van der Waals surface area contributed by atoms with E-state index in [1.807, 2.05) is 0 Å². The highest BCUT2D eigenvalue weighted by Gasteiger charge is 2.18. The van der Waals surface area contributed by atoms with Crippen LogP contribution in [0, 0.1) is 16.7 Å². The van der Waals surface area contributed by atoms with Crippen LogP contribution in [0.5, 0.6) is 0 Å². The predicted octanol–water partition coefficient (Wildman–Crippen LogP) is 4.49. The molecule has 0 spiro atoms. The lowest BCUT2D eigenvalue weighted by Gasteiger charge is -2.26. The van der Waals surface area contributed by atoms with E-state index < -0.39 is 0 Å². The highest BCUT2D eigenvalue weighted by atomic mass is 16.5. The van der Waals surface area contributed by atoms with Crippen molar-refractivity contribution in [3.8, 4) is 0 Å². The van der Waals surface area contributed by atoms with Crippen LogP contribution >= 0.6 is 0 Å². The van der Waals surface area contributed by atoms with Crippen molar-refractivity contribution in [2.45, 2.75) is 67.2 Å². The second-order valence-corrected chi connectivity index (χ2v) is 8.29. The summed E-state index contributed by atoms with van der Waals surface area (Å²) in [6.07, 6.45) is 5.10. The molecule has 0 aliphatic carbocycles. The SMILES string of the molecule is COCC[C@@H](CCCNCC(C)(C)C)CC(C)(C)C. The van der Waals surface area contributed by atoms with Crippen molar-refractivity contribution >= 4 is 0 Å². The summed E-state index contributed by atoms with van der Waals surface area (Å²) in [6, 6.07) is 0. The van der Waals surface area contributed by atoms with Crippen molar-refractivity contribution in [3.05, 3.63) is 0 Å². The molecule has 0 aromatic rings. The molecule has 0 rings (SSSR count). The monoisotopic (exact) mass is 271 g/mol. The zero-order chi connectivity index (χ0) is 14.9. The van der Waals surface area contributed by atoms with Gasteiger partial charge in [0.15, 0.2) is 0 Å². The third-order valence-electron chi connectivity index (χ3n) is 3.25. The Morgan fingerprint density at radius 2 is 1.58 bits per heavy atom. The minimum absolute atomic E-state index is 0.390. The van der Waals surface area contributed by atoms with E-state index in [1.54, 1.807) is 7.11 Å². The molecule has 116 valence electrons. The van der Waals surface area contributed by atoms with Crippen molar-refractivity contribution in [2.75, 3.05) is 26.8 Å². The quantitative estimate of drug-likeness (QED) is 0.624. The minimum Gasteiger partial charge on any atom is -0.385 e. The van der Waals surface area contributed by atoms with Crippen LogP contribution in [0.25, 0.3) is 0 Å². The maximum absolute atomic E-state index is 5.24. The normalized spacial score (nSPS) is 14.7. The lowest BCUT2D eigenvalue weighted by molar-refractivity contribution is 0.157. The highest BCUT2D eigenvalue weighted by Crippen LogP contribution is 2.29. The van der Waals surface area contributed by atoms with E-state index in [0.717, 1.165) is 25.6 Å². The first-order valence-corrected chi connectivity index (χ1v) is 7.84. The highest BCUT2D eigenvalue weighted by molar-refractivity contribution is 4.71. The van der Waals surface area contributed by atoms with Crippen LogP contribution in [-0.4, -0.2) is 26.8 Å². The molecule has 2 nitrogen and oxygen atoms in total. The van der Waals surface area contributed by atoms with Crippen molar-refractivity contribution < 1.29 is 4.74 Å². The topological polar surface area (TPSA) is 21.3 Å². The summed E-state index contributed by atoms with van der Waals surface area (Å²) in [5.74, 6) is 0.802. The van der Waals surface area contributed by atoms with Crippen molar-refractivity contribution in [1.82, 2.24) is 5.32 Å². The summed E-state index contributed by atoms with van der Waals surface area (Å²) in [7, 11) is 1.80. The Kier molecular flexibility index (Phi) is 8.93. The number of nitrogens with one attached hydrogen (secondary N) is 1. The number of rotatable bonds is 9. The van der Waals surface area contributed by atoms with Crippen molar-refractivity contribution in [3.63, 3.8) is 0 Å². The fourth-order valence-corrected chi connectivity index (χ4v) is 2.48. The zero-order valence-electron chi connectivity index (χ0n) is 14.4. The first kappa shape index (κ1) is 18.9. The molecular formula is C17H37NO. The van der Waals surface area contributed by atoms with Gasteiger partial charge < -0.3 is 10.1 Å². The average Bonchev–Trinajstić information content (AvgIpc) is 2.21. The van der Waals surface area contributed by atoms with Gasteiger partial charge in [-0.25, -0.2) is 0 Å². The van der Waals surface area contributed by atoms with E-state index in [-0.39, 0.29) is 0 Å². The van der Waals surface area contributed by atoms with Crippen LogP contribution in [-0.2, 0) is 4.74 Å². The maximum atomic E-state index is 5.24. The van der Waals surface area contributed by atoms with Crippen LogP contribution in [0.4, 0.5) is 0 Å². The Bertz CT molecular complexity index is 212. The lowest BCUT2D eigenvalue weighted by atomic mass is 9.81. The average molecular weight is 271 g/mol. The van der Waals surface area contributed by atoms with Gasteiger partial charge in [-0.2, -0.15) is 0 Å². The fourth-order valence-electron chi connectivity index (χ4n) is 2.48. The zero-order valence-corrected chi connectivity index (χ0v) is 14.4. The Morgan fingerprint density at radius 3 is 2.05 bits per heavy atom. The van der Waals surface area contributed by atoms with Crippen LogP contribution in [0.15, 0.2) is 0 Å². The van der Waals surface area contributed by atoms with Gasteiger partial charge in [0.2, 0.25) is 0 Å². The molecule has 0 saturated carbocycles. The molecule has 1 atom stereocenters. The first-order chi connectivity index (χ1) is 8.64. The molecule has 1 N–H and O–H groups in total. The Balaban J connectivity index is 3.86. The van der Waals surface area contributed by atoms with Gasteiger partial charge in [-0.3, -0.25) is 0 Å². The molecule has 0 bridgehead atoms. The Morgan fingerprint density at radius 1 is 0.947 bits per heavy atom. The number of hydrogen-bond acceptors (Lipinski definition) is 2. The molecule has 0 unspecified atom stereocenters. The van der Waals surface area contributed by atoms with Crippen molar-refractivity contribution in [2.24, 2.45) is 16.7 Å². The molecule has 0 amide bonds. The molecular weight excluding hydrogens is 234 g/mol. The van der Waals surface area contributed by atoms with Gasteiger partial charge in [-0.05, 0) is 55.5 Å². The number of methoxy groups -OCH3 is 1. The van der Waals surface area contributed by atoms with Gasteiger partial charge in [0.05, 0.1) is 0 Å². The summed E-state index contributed by atoms with van der Waals surface area (Å²) in [5, 5.41) is 3.57. The van der Waals surface area contributed by atoms with E-state index in [1.165, 1.54) is 25.7 Å². The fraction of sp³-hybridized carbons (Fsp3) is 1.00. The molecule has 0 radical (unpaired) electrons. The maximum Gasteiger partial charge on any atom is 0.0464 e. The van der Waals surface area contributed by atoms with E-state index >= 15 is 0 Å². The van der Waals surface area contributed by atoms with Crippen LogP contribution in [0.1, 0.15) is 67.2 Å². The molecule has 0 fully saturated rings. The molecule has 2 heteroatoms. The predicted molar refractivity (Wildman–Crippen MR) is 85.6 cm³/mol. The van der Waals surface area contributed by atoms with E-state index in [0.29, 0.717) is 10.8 Å². The first-order valence-electron chi connectivity index (χ1n) is 7.84. The molecule has 0 saturated heterocycles. The van der Waals surface area contributed by atoms with Gasteiger partial charge in [-0.15, -0.1) is 0 Å². The van der Waals surface area contributed by atoms with E-state index in [9.17, 15) is 0 Å². The number of hydrogen-bond donors (Lipinski definition) is 1. The van der Waals surface area contributed by atoms with Crippen LogP contribution < -0.4 is 5.32 Å². The Labute approximate surface area is 121 Å². The summed E-state index contributed by atoms with van der Waals surface area (Å²) in [4.78, 5) is 0. The van der Waals surface area contributed by atoms with Crippen molar-refractivity contribution in [1.29, 1.82) is 0 Å². The molecule has 19 heavy (non-hydrogen) atoms. The second kappa shape index (κ2) is 8.97. The second-order valence-electron chi connectivity index (χ2n) is 8.29. The summed E-state index contributed by atoms with van der Waals surface area (Å²) < 4.78 is 5.24. The summed E-state index contributed by atoms with van der Waals surface area (Å²) in [5.41, 5.74) is 0.818. The van der Waals surface area contributed by atoms with Gasteiger partial charge >= 0.3 is 0 Å². The largest absolute Gasteiger partial charge is 0.385 e. The smallest absolute Gasteiger partial charge is 0.0464 e. The van der Waals surface area contributed by atoms with Gasteiger partial charge in [0, 0.05) is 13.7 Å². The minimum atomic E-state index is 0.390. The van der Waals surface area contributed by atoms with Crippen LogP contribution in [0.2, 0.25) is 0 Å². The van der Waals surface area contributed by atoms with E-state index in [4.69, 9.17) is 4.74 Å². The third kappa shape index (κ3) is 14.1. The van der Waals surface area contributed by atoms with Crippen LogP contribution in [0.3, 0.4) is 0 Å². The van der Waals surface area contributed by atoms with E-state index in [2.05, 4.69) is 46.9 Å². The van der Waals surface area contributed by atoms with Gasteiger partial charge in [0.25, 0.3) is 0 Å². The standard InChI is InChI=1S/C17H37NO/c1-16(2,3)13-15(10-12-19-7)9-8-11-18-14-17(4,5)6/h15,18H,8-14H2,1-7H3/t15-/m1/s1. The van der Waals surface area contributed by atoms with Gasteiger partial charge in [0.1, 0.15) is 0 Å². The number of ether oxygens (including phenoxy) is 1. The molecule has 0 heterocycles. The molecule has 0 aromatic carbocycles. The molecule has 0 aliphatic heterocycles. The molecule has 0 aliphatic rings. The van der Waals surface area contributed by atoms with Gasteiger partial charge in [-0.1, -0.05) is 41.5 Å². The third-order valence-corrected chi connectivity index (χ3v) is 3.25. The summed E-state index contributed by atoms with van der Waals surface area (Å²) >= 11 is 0. The summed E-state index contributed by atoms with van der Waals surface area (Å²) in [6.45, 7) is 17.0. The molecule has 0 aromatic heterocycles. The lowest BCUT2D eigenvalue weighted by Crippen LogP contribution is -2.28.